The highest BCUT2D eigenvalue weighted by Crippen LogP contribution is 2.34. The second kappa shape index (κ2) is 7.97. The molecule has 0 radical (unpaired) electrons. The van der Waals surface area contributed by atoms with E-state index >= 15 is 0 Å². The second-order valence-electron chi connectivity index (χ2n) is 7.69. The van der Waals surface area contributed by atoms with Crippen LogP contribution in [0.25, 0.3) is 10.6 Å². The monoisotopic (exact) mass is 373 g/mol. The van der Waals surface area contributed by atoms with Crippen LogP contribution in [0.15, 0.2) is 23.6 Å². The summed E-state index contributed by atoms with van der Waals surface area (Å²) in [5.74, 6) is 3.47. The van der Waals surface area contributed by atoms with Gasteiger partial charge in [0.15, 0.2) is 11.5 Å². The maximum absolute atomic E-state index is 5.42. The summed E-state index contributed by atoms with van der Waals surface area (Å²) >= 11 is 1.73. The summed E-state index contributed by atoms with van der Waals surface area (Å²) in [4.78, 5) is 6.63. The van der Waals surface area contributed by atoms with Gasteiger partial charge in [-0.1, -0.05) is 12.8 Å². The van der Waals surface area contributed by atoms with Gasteiger partial charge in [0.2, 0.25) is 0 Å². The van der Waals surface area contributed by atoms with Crippen LogP contribution in [0.5, 0.6) is 11.5 Å². The number of ether oxygens (including phenoxy) is 2. The number of hydrogen-bond acceptors (Lipinski definition) is 4. The van der Waals surface area contributed by atoms with E-state index in [1.165, 1.54) is 50.9 Å². The lowest BCUT2D eigenvalue weighted by Crippen LogP contribution is -3.12. The van der Waals surface area contributed by atoms with Crippen LogP contribution < -0.4 is 14.4 Å². The summed E-state index contributed by atoms with van der Waals surface area (Å²) in [5.41, 5.74) is 2.32. The Kier molecular flexibility index (Phi) is 5.46. The highest BCUT2D eigenvalue weighted by Gasteiger charge is 2.33. The molecule has 1 saturated carbocycles. The van der Waals surface area contributed by atoms with Gasteiger partial charge in [-0.15, -0.1) is 11.3 Å². The number of piperidine rings is 1. The van der Waals surface area contributed by atoms with Gasteiger partial charge < -0.3 is 14.4 Å². The summed E-state index contributed by atoms with van der Waals surface area (Å²) in [6.07, 6.45) is 7.22. The van der Waals surface area contributed by atoms with E-state index in [1.807, 2.05) is 12.1 Å². The molecule has 4 nitrogen and oxygen atoms in total. The van der Waals surface area contributed by atoms with Crippen LogP contribution in [-0.4, -0.2) is 32.3 Å². The van der Waals surface area contributed by atoms with Gasteiger partial charge in [0.05, 0.1) is 27.3 Å². The zero-order valence-electron chi connectivity index (χ0n) is 15.8. The van der Waals surface area contributed by atoms with Crippen molar-refractivity contribution in [2.75, 3.05) is 27.3 Å². The number of thiazole rings is 1. The van der Waals surface area contributed by atoms with E-state index in [-0.39, 0.29) is 0 Å². The molecule has 2 aromatic rings. The molecule has 2 heterocycles. The molecular weight excluding hydrogens is 344 g/mol. The van der Waals surface area contributed by atoms with Crippen molar-refractivity contribution in [3.05, 3.63) is 29.3 Å². The molecule has 0 amide bonds. The fourth-order valence-corrected chi connectivity index (χ4v) is 5.52. The Hall–Kier alpha value is -1.59. The molecule has 1 aromatic heterocycles. The van der Waals surface area contributed by atoms with Gasteiger partial charge in [-0.2, -0.15) is 0 Å². The molecule has 3 atom stereocenters. The SMILES string of the molecule is COc1ccc(-c2nc(C[NH+]3CC[C@H]4CCCC[C@@H]4C3)cs2)cc1OC. The van der Waals surface area contributed by atoms with E-state index in [0.717, 1.165) is 40.5 Å². The van der Waals surface area contributed by atoms with E-state index in [0.29, 0.717) is 0 Å². The van der Waals surface area contributed by atoms with Crippen molar-refractivity contribution >= 4 is 11.3 Å². The minimum Gasteiger partial charge on any atom is -0.493 e. The van der Waals surface area contributed by atoms with E-state index in [9.17, 15) is 0 Å². The third kappa shape index (κ3) is 3.74. The molecule has 140 valence electrons. The quantitative estimate of drug-likeness (QED) is 0.872. The van der Waals surface area contributed by atoms with Gasteiger partial charge >= 0.3 is 0 Å². The van der Waals surface area contributed by atoms with Crippen LogP contribution >= 0.6 is 11.3 Å². The zero-order valence-corrected chi connectivity index (χ0v) is 16.6. The van der Waals surface area contributed by atoms with Crippen LogP contribution in [0.3, 0.4) is 0 Å². The topological polar surface area (TPSA) is 35.8 Å². The number of benzene rings is 1. The molecule has 0 spiro atoms. The fraction of sp³-hybridized carbons (Fsp3) is 0.571. The Morgan fingerprint density at radius 1 is 1.08 bits per heavy atom. The average Bonchev–Trinajstić information content (AvgIpc) is 3.15. The molecule has 1 N–H and O–H groups in total. The van der Waals surface area contributed by atoms with Gasteiger partial charge in [0, 0.05) is 16.9 Å². The number of nitrogens with one attached hydrogen (secondary N) is 1. The highest BCUT2D eigenvalue weighted by atomic mass is 32.1. The van der Waals surface area contributed by atoms with Gasteiger partial charge in [-0.25, -0.2) is 4.98 Å². The van der Waals surface area contributed by atoms with Crippen LogP contribution in [-0.2, 0) is 6.54 Å². The number of nitrogens with zero attached hydrogens (tertiary/aromatic N) is 1. The van der Waals surface area contributed by atoms with Crippen molar-refractivity contribution in [1.82, 2.24) is 4.98 Å². The van der Waals surface area contributed by atoms with Crippen molar-refractivity contribution in [2.24, 2.45) is 11.8 Å². The van der Waals surface area contributed by atoms with Crippen LogP contribution in [0.2, 0.25) is 0 Å². The molecule has 0 bridgehead atoms. The molecule has 1 unspecified atom stereocenters. The number of methoxy groups -OCH3 is 2. The Morgan fingerprint density at radius 3 is 2.69 bits per heavy atom. The van der Waals surface area contributed by atoms with Gasteiger partial charge in [-0.3, -0.25) is 0 Å². The molecule has 1 aromatic carbocycles. The predicted octanol–water partition coefficient (Wildman–Crippen LogP) is 3.42. The standard InChI is InChI=1S/C21H28N2O2S/c1-24-19-8-7-16(11-20(19)25-2)21-22-18(14-26-21)13-23-10-9-15-5-3-4-6-17(15)12-23/h7-8,11,14-15,17H,3-6,9-10,12-13H2,1-2H3/p+1/t15-,17-/m1/s1. The summed E-state index contributed by atoms with van der Waals surface area (Å²) < 4.78 is 10.8. The molecule has 26 heavy (non-hydrogen) atoms. The molecule has 4 rings (SSSR count). The molecule has 2 fully saturated rings. The van der Waals surface area contributed by atoms with Gasteiger partial charge in [0.1, 0.15) is 17.2 Å². The third-order valence-corrected chi connectivity index (χ3v) is 7.04. The molecule has 2 aliphatic rings. The van der Waals surface area contributed by atoms with E-state index in [4.69, 9.17) is 14.5 Å². The molecule has 1 aliphatic heterocycles. The normalized spacial score (nSPS) is 25.5. The molecular formula is C21H29N2O2S+. The van der Waals surface area contributed by atoms with E-state index < -0.39 is 0 Å². The highest BCUT2D eigenvalue weighted by molar-refractivity contribution is 7.13. The maximum Gasteiger partial charge on any atom is 0.161 e. The zero-order chi connectivity index (χ0) is 17.9. The largest absolute Gasteiger partial charge is 0.493 e. The Bertz CT molecular complexity index is 745. The minimum absolute atomic E-state index is 0.756. The minimum atomic E-state index is 0.756. The van der Waals surface area contributed by atoms with E-state index in [1.54, 1.807) is 30.5 Å². The first-order valence-corrected chi connectivity index (χ1v) is 10.6. The number of rotatable bonds is 5. The first kappa shape index (κ1) is 17.8. The number of hydrogen-bond donors (Lipinski definition) is 1. The lowest BCUT2D eigenvalue weighted by molar-refractivity contribution is -0.924. The Morgan fingerprint density at radius 2 is 1.88 bits per heavy atom. The van der Waals surface area contributed by atoms with E-state index in [2.05, 4.69) is 11.4 Å². The summed E-state index contributed by atoms with van der Waals surface area (Å²) in [6, 6.07) is 6.03. The number of aromatic nitrogens is 1. The van der Waals surface area contributed by atoms with Crippen LogP contribution in [0.4, 0.5) is 0 Å². The average molecular weight is 374 g/mol. The van der Waals surface area contributed by atoms with Crippen molar-refractivity contribution in [2.45, 2.75) is 38.6 Å². The summed E-state index contributed by atoms with van der Waals surface area (Å²) in [7, 11) is 3.34. The summed E-state index contributed by atoms with van der Waals surface area (Å²) in [5, 5.41) is 3.29. The summed E-state index contributed by atoms with van der Waals surface area (Å²) in [6.45, 7) is 3.71. The fourth-order valence-electron chi connectivity index (χ4n) is 4.70. The van der Waals surface area contributed by atoms with Crippen molar-refractivity contribution in [1.29, 1.82) is 0 Å². The molecule has 5 heteroatoms. The van der Waals surface area contributed by atoms with Crippen molar-refractivity contribution in [3.63, 3.8) is 0 Å². The van der Waals surface area contributed by atoms with Crippen LogP contribution in [0.1, 0.15) is 37.8 Å². The van der Waals surface area contributed by atoms with Crippen molar-refractivity contribution in [3.8, 4) is 22.1 Å². The predicted molar refractivity (Wildman–Crippen MR) is 105 cm³/mol. The van der Waals surface area contributed by atoms with Gasteiger partial charge in [-0.05, 0) is 43.4 Å². The first-order chi connectivity index (χ1) is 12.8. The lowest BCUT2D eigenvalue weighted by atomic mass is 9.75. The van der Waals surface area contributed by atoms with Gasteiger partial charge in [0.25, 0.3) is 0 Å². The number of fused-ring (bicyclic) bond motifs is 1. The van der Waals surface area contributed by atoms with Crippen LogP contribution in [0, 0.1) is 11.8 Å². The Labute approximate surface area is 160 Å². The molecule has 1 saturated heterocycles. The molecule has 1 aliphatic carbocycles. The second-order valence-corrected chi connectivity index (χ2v) is 8.55. The Balaban J connectivity index is 1.43. The first-order valence-electron chi connectivity index (χ1n) is 9.77. The third-order valence-electron chi connectivity index (χ3n) is 6.10. The smallest absolute Gasteiger partial charge is 0.161 e. The maximum atomic E-state index is 5.42. The number of quaternary nitrogens is 1. The number of likely N-dealkylation sites (tertiary alicyclic amines) is 1. The lowest BCUT2D eigenvalue weighted by Gasteiger charge is -2.38. The van der Waals surface area contributed by atoms with Crippen molar-refractivity contribution < 1.29 is 14.4 Å².